The van der Waals surface area contributed by atoms with Gasteiger partial charge in [-0.1, -0.05) is 0 Å². The first-order valence-corrected chi connectivity index (χ1v) is 10.7. The van der Waals surface area contributed by atoms with Crippen molar-refractivity contribution < 1.29 is 32.2 Å². The fourth-order valence-corrected chi connectivity index (χ4v) is 3.74. The van der Waals surface area contributed by atoms with Gasteiger partial charge in [0.1, 0.15) is 5.60 Å². The van der Waals surface area contributed by atoms with Crippen LogP contribution in [0.4, 0.5) is 23.9 Å². The van der Waals surface area contributed by atoms with E-state index in [1.807, 2.05) is 13.8 Å². The van der Waals surface area contributed by atoms with Gasteiger partial charge in [0.15, 0.2) is 6.10 Å². The number of halogens is 3. The predicted octanol–water partition coefficient (Wildman–Crippen LogP) is 2.56. The van der Waals surface area contributed by atoms with Crippen LogP contribution in [0.15, 0.2) is 12.4 Å². The van der Waals surface area contributed by atoms with E-state index in [4.69, 9.17) is 9.47 Å². The maximum absolute atomic E-state index is 13.1. The maximum Gasteiger partial charge on any atom is 0.419 e. The summed E-state index contributed by atoms with van der Waals surface area (Å²) in [5.41, 5.74) is -2.30. The zero-order valence-corrected chi connectivity index (χ0v) is 19.5. The minimum absolute atomic E-state index is 0.0827. The highest BCUT2D eigenvalue weighted by Gasteiger charge is 2.42. The van der Waals surface area contributed by atoms with E-state index >= 15 is 0 Å². The van der Waals surface area contributed by atoms with Crippen LogP contribution < -0.4 is 4.90 Å². The largest absolute Gasteiger partial charge is 0.444 e. The van der Waals surface area contributed by atoms with Crippen molar-refractivity contribution in [1.82, 2.24) is 19.8 Å². The Labute approximate surface area is 190 Å². The average Bonchev–Trinajstić information content (AvgIpc) is 2.70. The first-order chi connectivity index (χ1) is 15.1. The van der Waals surface area contributed by atoms with E-state index in [2.05, 4.69) is 9.97 Å². The molecule has 33 heavy (non-hydrogen) atoms. The van der Waals surface area contributed by atoms with Gasteiger partial charge in [-0.3, -0.25) is 4.79 Å². The first-order valence-electron chi connectivity index (χ1n) is 10.7. The molecule has 3 heterocycles. The third kappa shape index (κ3) is 6.46. The van der Waals surface area contributed by atoms with Crippen LogP contribution >= 0.6 is 0 Å². The molecule has 12 heteroatoms. The molecule has 1 aromatic rings. The van der Waals surface area contributed by atoms with Gasteiger partial charge in [-0.05, 0) is 34.6 Å². The second-order valence-electron chi connectivity index (χ2n) is 9.81. The van der Waals surface area contributed by atoms with Gasteiger partial charge in [-0.25, -0.2) is 14.8 Å². The third-order valence-corrected chi connectivity index (χ3v) is 5.19. The number of hydrogen-bond acceptors (Lipinski definition) is 7. The summed E-state index contributed by atoms with van der Waals surface area (Å²) in [6.07, 6.45) is -4.33. The van der Waals surface area contributed by atoms with E-state index in [-0.39, 0.29) is 18.4 Å². The van der Waals surface area contributed by atoms with Gasteiger partial charge < -0.3 is 24.2 Å². The zero-order chi connectivity index (χ0) is 24.6. The van der Waals surface area contributed by atoms with Crippen LogP contribution in [0.25, 0.3) is 0 Å². The third-order valence-electron chi connectivity index (χ3n) is 5.19. The number of amides is 2. The smallest absolute Gasteiger partial charge is 0.419 e. The molecule has 2 amide bonds. The molecule has 2 aliphatic heterocycles. The van der Waals surface area contributed by atoms with Crippen molar-refractivity contribution in [2.75, 3.05) is 44.2 Å². The molecule has 0 spiro atoms. The van der Waals surface area contributed by atoms with E-state index in [1.165, 1.54) is 4.90 Å². The highest BCUT2D eigenvalue weighted by molar-refractivity contribution is 5.82. The average molecular weight is 473 g/mol. The van der Waals surface area contributed by atoms with Crippen LogP contribution in [0.3, 0.4) is 0 Å². The number of morpholine rings is 1. The molecule has 1 atom stereocenters. The topological polar surface area (TPSA) is 88.1 Å². The highest BCUT2D eigenvalue weighted by Crippen LogP contribution is 2.29. The van der Waals surface area contributed by atoms with E-state index in [1.54, 1.807) is 30.6 Å². The summed E-state index contributed by atoms with van der Waals surface area (Å²) in [4.78, 5) is 38.2. The standard InChI is InChI=1S/C21H30F3N5O4/c1-19(2,3)33-18(31)29-12-15(32-20(4,5)13-29)16(30)27-6-8-28(9-7-27)17-25-10-14(11-26-17)21(22,23)24/h10-11,15H,6-9,12-13H2,1-5H3/t15-/m1/s1. The van der Waals surface area contributed by atoms with Crippen molar-refractivity contribution in [3.05, 3.63) is 18.0 Å². The number of alkyl halides is 3. The van der Waals surface area contributed by atoms with Gasteiger partial charge in [0.2, 0.25) is 5.95 Å². The summed E-state index contributed by atoms with van der Waals surface area (Å²) in [7, 11) is 0. The molecule has 1 aromatic heterocycles. The van der Waals surface area contributed by atoms with Crippen LogP contribution in [0, 0.1) is 0 Å². The van der Waals surface area contributed by atoms with Crippen LogP contribution in [-0.2, 0) is 20.4 Å². The second kappa shape index (κ2) is 8.96. The Hall–Kier alpha value is -2.63. The minimum Gasteiger partial charge on any atom is -0.444 e. The molecule has 0 unspecified atom stereocenters. The molecule has 3 rings (SSSR count). The van der Waals surface area contributed by atoms with Crippen molar-refractivity contribution in [1.29, 1.82) is 0 Å². The van der Waals surface area contributed by atoms with Gasteiger partial charge in [-0.2, -0.15) is 13.2 Å². The summed E-state index contributed by atoms with van der Waals surface area (Å²) in [6, 6.07) is 0. The quantitative estimate of drug-likeness (QED) is 0.652. The van der Waals surface area contributed by atoms with Gasteiger partial charge >= 0.3 is 12.3 Å². The SMILES string of the molecule is CC(C)(C)OC(=O)N1C[C@H](C(=O)N2CCN(c3ncc(C(F)(F)F)cn3)CC2)OC(C)(C)C1. The Bertz CT molecular complexity index is 862. The van der Waals surface area contributed by atoms with Gasteiger partial charge in [0.25, 0.3) is 5.91 Å². The maximum atomic E-state index is 13.1. The van der Waals surface area contributed by atoms with E-state index in [0.717, 1.165) is 12.4 Å². The number of carbonyl (C=O) groups is 2. The fraction of sp³-hybridized carbons (Fsp3) is 0.714. The van der Waals surface area contributed by atoms with Crippen LogP contribution in [-0.4, -0.2) is 88.3 Å². The van der Waals surface area contributed by atoms with E-state index in [0.29, 0.717) is 32.7 Å². The lowest BCUT2D eigenvalue weighted by molar-refractivity contribution is -0.170. The fourth-order valence-electron chi connectivity index (χ4n) is 3.74. The Kier molecular flexibility index (Phi) is 6.79. The number of aromatic nitrogens is 2. The van der Waals surface area contributed by atoms with Gasteiger partial charge in [0, 0.05) is 38.6 Å². The molecule has 2 saturated heterocycles. The molecule has 9 nitrogen and oxygen atoms in total. The van der Waals surface area contributed by atoms with E-state index in [9.17, 15) is 22.8 Å². The predicted molar refractivity (Wildman–Crippen MR) is 113 cm³/mol. The molecule has 0 bridgehead atoms. The van der Waals surface area contributed by atoms with Crippen LogP contribution in [0.5, 0.6) is 0 Å². The second-order valence-corrected chi connectivity index (χ2v) is 9.81. The summed E-state index contributed by atoms with van der Waals surface area (Å²) in [5.74, 6) is -0.0643. The number of ether oxygens (including phenoxy) is 2. The van der Waals surface area contributed by atoms with Crippen molar-refractivity contribution >= 4 is 17.9 Å². The molecule has 2 aliphatic rings. The zero-order valence-electron chi connectivity index (χ0n) is 19.5. The Morgan fingerprint density at radius 1 is 1.06 bits per heavy atom. The molecule has 0 N–H and O–H groups in total. The highest BCUT2D eigenvalue weighted by atomic mass is 19.4. The van der Waals surface area contributed by atoms with Crippen LogP contribution in [0.2, 0.25) is 0 Å². The summed E-state index contributed by atoms with van der Waals surface area (Å²) in [6.45, 7) is 10.7. The Balaban J connectivity index is 1.60. The lowest BCUT2D eigenvalue weighted by Crippen LogP contribution is -2.61. The molecular formula is C21H30F3N5O4. The molecule has 0 aromatic carbocycles. The Morgan fingerprint density at radius 3 is 2.15 bits per heavy atom. The molecule has 0 radical (unpaired) electrons. The summed E-state index contributed by atoms with van der Waals surface area (Å²) >= 11 is 0. The van der Waals surface area contributed by atoms with Gasteiger partial charge in [-0.15, -0.1) is 0 Å². The summed E-state index contributed by atoms with van der Waals surface area (Å²) in [5, 5.41) is 0. The monoisotopic (exact) mass is 473 g/mol. The minimum atomic E-state index is -4.50. The van der Waals surface area contributed by atoms with Gasteiger partial charge in [0.05, 0.1) is 24.3 Å². The van der Waals surface area contributed by atoms with Crippen LogP contribution in [0.1, 0.15) is 40.2 Å². The number of rotatable bonds is 2. The molecule has 184 valence electrons. The lowest BCUT2D eigenvalue weighted by Gasteiger charge is -2.44. The number of nitrogens with zero attached hydrogens (tertiary/aromatic N) is 5. The normalized spacial score (nSPS) is 21.7. The van der Waals surface area contributed by atoms with E-state index < -0.39 is 35.1 Å². The number of carbonyl (C=O) groups excluding carboxylic acids is 2. The van der Waals surface area contributed by atoms with Crippen molar-refractivity contribution in [3.8, 4) is 0 Å². The molecular weight excluding hydrogens is 443 g/mol. The summed E-state index contributed by atoms with van der Waals surface area (Å²) < 4.78 is 49.6. The molecule has 0 aliphatic carbocycles. The Morgan fingerprint density at radius 2 is 1.64 bits per heavy atom. The number of anilines is 1. The molecule has 0 saturated carbocycles. The number of hydrogen-bond donors (Lipinski definition) is 0. The van der Waals surface area contributed by atoms with Crippen molar-refractivity contribution in [2.24, 2.45) is 0 Å². The van der Waals surface area contributed by atoms with Crippen molar-refractivity contribution in [3.63, 3.8) is 0 Å². The van der Waals surface area contributed by atoms with Crippen molar-refractivity contribution in [2.45, 2.75) is 58.1 Å². The number of piperazine rings is 1. The first kappa shape index (κ1) is 25.0. The molecule has 2 fully saturated rings. The lowest BCUT2D eigenvalue weighted by atomic mass is 10.0.